The summed E-state index contributed by atoms with van der Waals surface area (Å²) >= 11 is 3.43. The first kappa shape index (κ1) is 25.2. The lowest BCUT2D eigenvalue weighted by molar-refractivity contribution is -0.286. The summed E-state index contributed by atoms with van der Waals surface area (Å²) in [4.78, 5) is 0. The van der Waals surface area contributed by atoms with Gasteiger partial charge in [0.05, 0.1) is 30.2 Å². The van der Waals surface area contributed by atoms with Crippen molar-refractivity contribution in [2.24, 2.45) is 16.7 Å². The highest BCUT2D eigenvalue weighted by Crippen LogP contribution is 2.66. The Morgan fingerprint density at radius 2 is 1.52 bits per heavy atom. The van der Waals surface area contributed by atoms with Crippen LogP contribution in [0.3, 0.4) is 0 Å². The Kier molecular flexibility index (Phi) is 7.84. The lowest BCUT2D eigenvalue weighted by Crippen LogP contribution is -2.60. The zero-order valence-electron chi connectivity index (χ0n) is 19.4. The van der Waals surface area contributed by atoms with Crippen LogP contribution in [-0.4, -0.2) is 12.0 Å². The second-order valence-electron chi connectivity index (χ2n) is 9.15. The molecule has 2 bridgehead atoms. The second kappa shape index (κ2) is 10.3. The molecule has 0 radical (unpaired) electrons. The van der Waals surface area contributed by atoms with Crippen LogP contribution in [0.5, 0.6) is 0 Å². The second-order valence-corrected chi connectivity index (χ2v) is 10.1. The molecular weight excluding hydrogens is 480 g/mol. The maximum atomic E-state index is 10.3. The van der Waals surface area contributed by atoms with Crippen molar-refractivity contribution in [3.63, 3.8) is 0 Å². The summed E-state index contributed by atoms with van der Waals surface area (Å²) in [6.45, 7) is 3.94. The SMILES string of the molecule is CCCCCCCCCCC1OC2(c3ccc(Br)cc3)OC(=N)C(C#N)(C2C)C1(C#N)C#N. The third-order valence-corrected chi connectivity index (χ3v) is 7.88. The van der Waals surface area contributed by atoms with Gasteiger partial charge in [0.1, 0.15) is 0 Å². The van der Waals surface area contributed by atoms with Crippen molar-refractivity contribution >= 4 is 21.8 Å². The highest BCUT2D eigenvalue weighted by Gasteiger charge is 2.79. The predicted molar refractivity (Wildman–Crippen MR) is 128 cm³/mol. The van der Waals surface area contributed by atoms with Crippen LogP contribution in [0.2, 0.25) is 0 Å². The molecular formula is C26H31BrN4O2. The summed E-state index contributed by atoms with van der Waals surface area (Å²) in [5, 5.41) is 39.3. The van der Waals surface area contributed by atoms with Crippen LogP contribution >= 0.6 is 15.9 Å². The molecule has 3 rings (SSSR count). The number of ether oxygens (including phenoxy) is 2. The minimum absolute atomic E-state index is 0.359. The number of benzene rings is 1. The maximum absolute atomic E-state index is 10.3. The molecule has 2 saturated heterocycles. The number of unbranched alkanes of at least 4 members (excludes halogenated alkanes) is 7. The predicted octanol–water partition coefficient (Wildman–Crippen LogP) is 6.72. The number of nitriles is 3. The third-order valence-electron chi connectivity index (χ3n) is 7.35. The fourth-order valence-corrected chi connectivity index (χ4v) is 5.65. The molecule has 1 aromatic carbocycles. The van der Waals surface area contributed by atoms with E-state index in [9.17, 15) is 15.8 Å². The summed E-state index contributed by atoms with van der Waals surface area (Å²) in [5.41, 5.74) is -2.84. The Morgan fingerprint density at radius 1 is 0.939 bits per heavy atom. The van der Waals surface area contributed by atoms with Crippen LogP contribution < -0.4 is 0 Å². The van der Waals surface area contributed by atoms with Crippen LogP contribution in [0, 0.1) is 56.2 Å². The molecule has 0 spiro atoms. The van der Waals surface area contributed by atoms with E-state index in [1.807, 2.05) is 24.3 Å². The van der Waals surface area contributed by atoms with Gasteiger partial charge in [-0.15, -0.1) is 0 Å². The summed E-state index contributed by atoms with van der Waals surface area (Å²) in [7, 11) is 0. The highest BCUT2D eigenvalue weighted by molar-refractivity contribution is 9.10. The van der Waals surface area contributed by atoms with Gasteiger partial charge in [-0.3, -0.25) is 5.41 Å². The van der Waals surface area contributed by atoms with Crippen LogP contribution in [0.25, 0.3) is 0 Å². The van der Waals surface area contributed by atoms with Gasteiger partial charge in [0, 0.05) is 10.0 Å². The molecule has 0 aliphatic carbocycles. The highest BCUT2D eigenvalue weighted by atomic mass is 79.9. The lowest BCUT2D eigenvalue weighted by Gasteiger charge is -2.48. The van der Waals surface area contributed by atoms with Crippen LogP contribution in [-0.2, 0) is 15.3 Å². The molecule has 2 fully saturated rings. The van der Waals surface area contributed by atoms with E-state index in [1.165, 1.54) is 32.1 Å². The van der Waals surface area contributed by atoms with Gasteiger partial charge < -0.3 is 9.47 Å². The summed E-state index contributed by atoms with van der Waals surface area (Å²) in [5.74, 6) is -2.45. The van der Waals surface area contributed by atoms with Gasteiger partial charge in [0.2, 0.25) is 11.7 Å². The average molecular weight is 511 g/mol. The molecule has 4 unspecified atom stereocenters. The molecule has 174 valence electrons. The molecule has 4 atom stereocenters. The monoisotopic (exact) mass is 510 g/mol. The molecule has 2 aliphatic heterocycles. The number of fused-ring (bicyclic) bond motifs is 2. The largest absolute Gasteiger partial charge is 0.443 e. The Bertz CT molecular complexity index is 976. The summed E-state index contributed by atoms with van der Waals surface area (Å²) in [6, 6.07) is 13.8. The number of rotatable bonds is 10. The molecule has 2 heterocycles. The van der Waals surface area contributed by atoms with Crippen LogP contribution in [0.15, 0.2) is 28.7 Å². The van der Waals surface area contributed by atoms with E-state index >= 15 is 0 Å². The van der Waals surface area contributed by atoms with Crippen LogP contribution in [0.4, 0.5) is 0 Å². The first-order chi connectivity index (χ1) is 15.9. The van der Waals surface area contributed by atoms with Crippen molar-refractivity contribution in [1.82, 2.24) is 0 Å². The topological polar surface area (TPSA) is 114 Å². The first-order valence-corrected chi connectivity index (χ1v) is 12.6. The number of hydrogen-bond donors (Lipinski definition) is 1. The van der Waals surface area contributed by atoms with Crippen molar-refractivity contribution in [2.45, 2.75) is 83.5 Å². The van der Waals surface area contributed by atoms with E-state index in [-0.39, 0.29) is 5.90 Å². The minimum Gasteiger partial charge on any atom is -0.443 e. The lowest BCUT2D eigenvalue weighted by atomic mass is 9.53. The number of hydrogen-bond acceptors (Lipinski definition) is 6. The Balaban J connectivity index is 1.89. The fraction of sp³-hybridized carbons (Fsp3) is 0.615. The zero-order chi connectivity index (χ0) is 24.1. The van der Waals surface area contributed by atoms with E-state index in [4.69, 9.17) is 14.9 Å². The van der Waals surface area contributed by atoms with E-state index in [0.29, 0.717) is 12.0 Å². The maximum Gasteiger partial charge on any atom is 0.243 e. The van der Waals surface area contributed by atoms with Crippen molar-refractivity contribution in [2.75, 3.05) is 0 Å². The van der Waals surface area contributed by atoms with E-state index in [2.05, 4.69) is 41.1 Å². The molecule has 0 amide bonds. The molecule has 7 heteroatoms. The first-order valence-electron chi connectivity index (χ1n) is 11.8. The molecule has 6 nitrogen and oxygen atoms in total. The normalized spacial score (nSPS) is 29.5. The van der Waals surface area contributed by atoms with Gasteiger partial charge in [-0.05, 0) is 18.6 Å². The zero-order valence-corrected chi connectivity index (χ0v) is 21.0. The Hall–Kier alpha value is -2.40. The van der Waals surface area contributed by atoms with Gasteiger partial charge in [0.15, 0.2) is 10.8 Å². The van der Waals surface area contributed by atoms with E-state index in [1.54, 1.807) is 6.92 Å². The number of nitrogens with zero attached hydrogens (tertiary/aromatic N) is 3. The number of halogens is 1. The van der Waals surface area contributed by atoms with Gasteiger partial charge in [-0.2, -0.15) is 15.8 Å². The summed E-state index contributed by atoms with van der Waals surface area (Å²) in [6.07, 6.45) is 8.60. The smallest absolute Gasteiger partial charge is 0.243 e. The summed E-state index contributed by atoms with van der Waals surface area (Å²) < 4.78 is 13.4. The molecule has 33 heavy (non-hydrogen) atoms. The minimum atomic E-state index is -1.81. The Morgan fingerprint density at radius 3 is 2.06 bits per heavy atom. The van der Waals surface area contributed by atoms with Gasteiger partial charge in [0.25, 0.3) is 0 Å². The van der Waals surface area contributed by atoms with Crippen molar-refractivity contribution in [1.29, 1.82) is 21.2 Å². The van der Waals surface area contributed by atoms with E-state index < -0.39 is 28.6 Å². The van der Waals surface area contributed by atoms with E-state index in [0.717, 1.165) is 23.7 Å². The van der Waals surface area contributed by atoms with Gasteiger partial charge in [-0.1, -0.05) is 93.3 Å². The Labute approximate surface area is 205 Å². The van der Waals surface area contributed by atoms with Crippen molar-refractivity contribution in [3.05, 3.63) is 34.3 Å². The van der Waals surface area contributed by atoms with Crippen LogP contribution in [0.1, 0.15) is 77.2 Å². The fourth-order valence-electron chi connectivity index (χ4n) is 5.38. The van der Waals surface area contributed by atoms with Gasteiger partial charge >= 0.3 is 0 Å². The molecule has 0 saturated carbocycles. The van der Waals surface area contributed by atoms with Crippen molar-refractivity contribution < 1.29 is 9.47 Å². The number of nitrogens with one attached hydrogen (secondary N) is 1. The standard InChI is InChI=1S/C26H31BrN4O2/c1-3-4-5-6-7-8-9-10-11-22-24(16-28,17-29)25(18-30)19(2)26(32-22,33-23(25)31)20-12-14-21(27)15-13-20/h12-15,19,22,31H,3-11H2,1-2H3. The third kappa shape index (κ3) is 3.95. The molecule has 0 aromatic heterocycles. The molecule has 1 aromatic rings. The molecule has 1 N–H and O–H groups in total. The van der Waals surface area contributed by atoms with Crippen molar-refractivity contribution in [3.8, 4) is 18.2 Å². The quantitative estimate of drug-likeness (QED) is 0.350. The van der Waals surface area contributed by atoms with Gasteiger partial charge in [-0.25, -0.2) is 0 Å². The molecule has 2 aliphatic rings. The average Bonchev–Trinajstić information content (AvgIpc) is 2.98.